The molecule has 0 amide bonds. The Bertz CT molecular complexity index is 705. The number of benzene rings is 2. The smallest absolute Gasteiger partial charge is 0.124 e. The van der Waals surface area contributed by atoms with Gasteiger partial charge in [-0.15, -0.1) is 0 Å². The molecule has 0 spiro atoms. The molecule has 0 saturated heterocycles. The van der Waals surface area contributed by atoms with Crippen molar-refractivity contribution >= 4 is 23.2 Å². The maximum Gasteiger partial charge on any atom is 0.124 e. The zero-order chi connectivity index (χ0) is 15.2. The van der Waals surface area contributed by atoms with E-state index in [0.29, 0.717) is 26.9 Å². The molecule has 0 bridgehead atoms. The SMILES string of the molecule is OCC#Cc1cc(F)cc(COc2ccc(Cl)c(Cl)c2)c1. The molecule has 2 nitrogen and oxygen atoms in total. The summed E-state index contributed by atoms with van der Waals surface area (Å²) in [4.78, 5) is 0. The van der Waals surface area contributed by atoms with Crippen LogP contribution in [0.15, 0.2) is 36.4 Å². The summed E-state index contributed by atoms with van der Waals surface area (Å²) in [7, 11) is 0. The van der Waals surface area contributed by atoms with E-state index >= 15 is 0 Å². The van der Waals surface area contributed by atoms with Crippen LogP contribution in [0.5, 0.6) is 5.75 Å². The molecule has 0 fully saturated rings. The number of ether oxygens (including phenoxy) is 1. The number of hydrogen-bond acceptors (Lipinski definition) is 2. The lowest BCUT2D eigenvalue weighted by atomic mass is 10.1. The highest BCUT2D eigenvalue weighted by atomic mass is 35.5. The van der Waals surface area contributed by atoms with Gasteiger partial charge in [0.05, 0.1) is 10.0 Å². The number of aliphatic hydroxyl groups is 1. The molecule has 2 aromatic rings. The summed E-state index contributed by atoms with van der Waals surface area (Å²) in [6.45, 7) is -0.102. The fraction of sp³-hybridized carbons (Fsp3) is 0.125. The van der Waals surface area contributed by atoms with Crippen molar-refractivity contribution in [2.24, 2.45) is 0 Å². The molecule has 0 heterocycles. The lowest BCUT2D eigenvalue weighted by Gasteiger charge is -2.08. The first-order valence-electron chi connectivity index (χ1n) is 6.05. The van der Waals surface area contributed by atoms with E-state index in [2.05, 4.69) is 11.8 Å². The Morgan fingerprint density at radius 2 is 1.90 bits per heavy atom. The normalized spacial score (nSPS) is 9.90. The first-order valence-corrected chi connectivity index (χ1v) is 6.81. The predicted molar refractivity (Wildman–Crippen MR) is 81.2 cm³/mol. The minimum atomic E-state index is -0.410. The molecular formula is C16H11Cl2FO2. The fourth-order valence-corrected chi connectivity index (χ4v) is 1.97. The summed E-state index contributed by atoms with van der Waals surface area (Å²) in [6.07, 6.45) is 0. The van der Waals surface area contributed by atoms with Crippen LogP contribution in [0.3, 0.4) is 0 Å². The summed E-state index contributed by atoms with van der Waals surface area (Å²) < 4.78 is 19.0. The molecule has 0 unspecified atom stereocenters. The third-order valence-corrected chi connectivity index (χ3v) is 3.30. The second-order valence-electron chi connectivity index (χ2n) is 4.17. The fourth-order valence-electron chi connectivity index (χ4n) is 1.68. The van der Waals surface area contributed by atoms with Crippen LogP contribution < -0.4 is 4.74 Å². The van der Waals surface area contributed by atoms with E-state index in [-0.39, 0.29) is 13.2 Å². The number of halogens is 3. The molecule has 0 saturated carbocycles. The van der Waals surface area contributed by atoms with E-state index < -0.39 is 5.82 Å². The van der Waals surface area contributed by atoms with Crippen LogP contribution in [0.25, 0.3) is 0 Å². The molecule has 0 aromatic heterocycles. The van der Waals surface area contributed by atoms with Gasteiger partial charge in [-0.1, -0.05) is 35.0 Å². The number of aliphatic hydroxyl groups excluding tert-OH is 1. The van der Waals surface area contributed by atoms with Gasteiger partial charge < -0.3 is 9.84 Å². The highest BCUT2D eigenvalue weighted by Crippen LogP contribution is 2.26. The van der Waals surface area contributed by atoms with E-state index in [1.165, 1.54) is 12.1 Å². The first-order chi connectivity index (χ1) is 10.1. The molecule has 2 rings (SSSR count). The van der Waals surface area contributed by atoms with Gasteiger partial charge in [0.1, 0.15) is 24.8 Å². The maximum atomic E-state index is 13.5. The van der Waals surface area contributed by atoms with E-state index in [4.69, 9.17) is 33.0 Å². The predicted octanol–water partition coefficient (Wildman–Crippen LogP) is 4.06. The monoisotopic (exact) mass is 324 g/mol. The minimum absolute atomic E-state index is 0.170. The van der Waals surface area contributed by atoms with Gasteiger partial charge in [0.2, 0.25) is 0 Å². The Morgan fingerprint density at radius 3 is 2.62 bits per heavy atom. The summed E-state index contributed by atoms with van der Waals surface area (Å²) >= 11 is 11.7. The molecule has 108 valence electrons. The topological polar surface area (TPSA) is 29.5 Å². The lowest BCUT2D eigenvalue weighted by Crippen LogP contribution is -1.97. The summed E-state index contributed by atoms with van der Waals surface area (Å²) in [5, 5.41) is 9.48. The average Bonchev–Trinajstić information content (AvgIpc) is 2.46. The maximum absolute atomic E-state index is 13.5. The van der Waals surface area contributed by atoms with Crippen molar-refractivity contribution in [1.82, 2.24) is 0 Å². The highest BCUT2D eigenvalue weighted by molar-refractivity contribution is 6.42. The third kappa shape index (κ3) is 4.64. The largest absolute Gasteiger partial charge is 0.489 e. The Hall–Kier alpha value is -1.73. The summed E-state index contributed by atoms with van der Waals surface area (Å²) in [6, 6.07) is 9.26. The first kappa shape index (κ1) is 15.7. The molecule has 0 radical (unpaired) electrons. The minimum Gasteiger partial charge on any atom is -0.489 e. The third-order valence-electron chi connectivity index (χ3n) is 2.57. The zero-order valence-corrected chi connectivity index (χ0v) is 12.4. The van der Waals surface area contributed by atoms with E-state index in [0.717, 1.165) is 0 Å². The van der Waals surface area contributed by atoms with E-state index in [1.54, 1.807) is 24.3 Å². The summed E-state index contributed by atoms with van der Waals surface area (Å²) in [5.74, 6) is 5.26. The van der Waals surface area contributed by atoms with Gasteiger partial charge in [0, 0.05) is 11.6 Å². The van der Waals surface area contributed by atoms with Crippen molar-refractivity contribution < 1.29 is 14.2 Å². The molecule has 21 heavy (non-hydrogen) atoms. The van der Waals surface area contributed by atoms with Crippen molar-refractivity contribution in [3.63, 3.8) is 0 Å². The highest BCUT2D eigenvalue weighted by Gasteiger charge is 2.03. The Morgan fingerprint density at radius 1 is 1.10 bits per heavy atom. The quantitative estimate of drug-likeness (QED) is 0.863. The van der Waals surface area contributed by atoms with Gasteiger partial charge in [-0.3, -0.25) is 0 Å². The molecule has 2 aromatic carbocycles. The van der Waals surface area contributed by atoms with Gasteiger partial charge in [-0.25, -0.2) is 4.39 Å². The molecule has 0 aliphatic carbocycles. The van der Waals surface area contributed by atoms with Crippen LogP contribution in [0.2, 0.25) is 10.0 Å². The van der Waals surface area contributed by atoms with E-state index in [9.17, 15) is 4.39 Å². The van der Waals surface area contributed by atoms with Crippen LogP contribution in [-0.4, -0.2) is 11.7 Å². The van der Waals surface area contributed by atoms with Gasteiger partial charge in [-0.05, 0) is 35.9 Å². The lowest BCUT2D eigenvalue weighted by molar-refractivity contribution is 0.305. The van der Waals surface area contributed by atoms with Gasteiger partial charge in [-0.2, -0.15) is 0 Å². The Kier molecular flexibility index (Phi) is 5.46. The van der Waals surface area contributed by atoms with Gasteiger partial charge >= 0.3 is 0 Å². The van der Waals surface area contributed by atoms with Crippen LogP contribution in [0, 0.1) is 17.7 Å². The van der Waals surface area contributed by atoms with Gasteiger partial charge in [0.15, 0.2) is 0 Å². The average molecular weight is 325 g/mol. The van der Waals surface area contributed by atoms with Crippen molar-refractivity contribution in [2.45, 2.75) is 6.61 Å². The van der Waals surface area contributed by atoms with Gasteiger partial charge in [0.25, 0.3) is 0 Å². The molecular weight excluding hydrogens is 314 g/mol. The van der Waals surface area contributed by atoms with Crippen LogP contribution in [0.4, 0.5) is 4.39 Å². The van der Waals surface area contributed by atoms with Crippen LogP contribution >= 0.6 is 23.2 Å². The Labute approximate surface area is 132 Å². The zero-order valence-electron chi connectivity index (χ0n) is 10.9. The molecule has 0 aliphatic rings. The molecule has 1 N–H and O–H groups in total. The molecule has 5 heteroatoms. The summed E-state index contributed by atoms with van der Waals surface area (Å²) in [5.41, 5.74) is 1.11. The Balaban J connectivity index is 2.12. The van der Waals surface area contributed by atoms with Crippen molar-refractivity contribution in [2.75, 3.05) is 6.61 Å². The number of hydrogen-bond donors (Lipinski definition) is 1. The number of rotatable bonds is 3. The standard InChI is InChI=1S/C16H11Cl2FO2/c17-15-4-3-14(9-16(15)18)21-10-12-6-11(2-1-5-20)7-13(19)8-12/h3-4,6-9,20H,5,10H2. The molecule has 0 aliphatic heterocycles. The van der Waals surface area contributed by atoms with Crippen molar-refractivity contribution in [1.29, 1.82) is 0 Å². The second kappa shape index (κ2) is 7.33. The molecule has 0 atom stereocenters. The van der Waals surface area contributed by atoms with Crippen LogP contribution in [-0.2, 0) is 6.61 Å². The van der Waals surface area contributed by atoms with Crippen LogP contribution in [0.1, 0.15) is 11.1 Å². The van der Waals surface area contributed by atoms with E-state index in [1.807, 2.05) is 0 Å². The van der Waals surface area contributed by atoms with Crippen molar-refractivity contribution in [3.05, 3.63) is 63.4 Å². The van der Waals surface area contributed by atoms with Crippen molar-refractivity contribution in [3.8, 4) is 17.6 Å². The second-order valence-corrected chi connectivity index (χ2v) is 4.99.